The maximum atomic E-state index is 13.6. The number of piperazine rings is 2. The Kier molecular flexibility index (Phi) is 16.7. The van der Waals surface area contributed by atoms with Crippen LogP contribution in [0.4, 0.5) is 11.4 Å². The molecule has 4 amide bonds. The summed E-state index contributed by atoms with van der Waals surface area (Å²) in [6, 6.07) is 22.8. The Morgan fingerprint density at radius 1 is 0.795 bits per heavy atom. The number of hydrogen-bond donors (Lipinski definition) is 3. The minimum Gasteiger partial charge on any atom is -0.384 e. The number of sulfone groups is 1. The molecule has 1 saturated carbocycles. The molecule has 4 fully saturated rings. The van der Waals surface area contributed by atoms with E-state index in [-0.39, 0.29) is 39.0 Å². The van der Waals surface area contributed by atoms with E-state index in [1.165, 1.54) is 28.8 Å². The molecule has 1 atom stereocenters. The standard InChI is InChI=1S/C58H70BrClN8O8S2/c1-58(2)21-20-47(40-6-10-43(60)11-7-40)42(33-58)36-65-24-28-67(29-25-65)45-14-8-41(9-15-45)55(70)63-78(75,76)46-16-17-51(53(32-46)77(3,73)74)61-34-38-4-12-44(13-5-38)66-26-22-64(23-27-66)35-39-30-48-49(50(59)31-39)37-68(57(48)72)52-18-19-54(69)62-56(52)71/h6-11,14-17,30-32,38,44,52,61H,4-5,12-13,18-29,33-37H2,1-3H3,(H,63,70)(H,62,69,71). The highest BCUT2D eigenvalue weighted by atomic mass is 79.9. The van der Waals surface area contributed by atoms with E-state index >= 15 is 0 Å². The van der Waals surface area contributed by atoms with Gasteiger partial charge in [-0.25, -0.2) is 21.6 Å². The molecule has 1 unspecified atom stereocenters. The second kappa shape index (κ2) is 23.1. The first-order chi connectivity index (χ1) is 37.2. The molecule has 4 aromatic rings. The van der Waals surface area contributed by atoms with E-state index in [0.29, 0.717) is 49.3 Å². The van der Waals surface area contributed by atoms with E-state index in [1.54, 1.807) is 17.0 Å². The quantitative estimate of drug-likeness (QED) is 0.0974. The lowest BCUT2D eigenvalue weighted by Crippen LogP contribution is -2.52. The lowest BCUT2D eigenvalue weighted by molar-refractivity contribution is -0.136. The van der Waals surface area contributed by atoms with Gasteiger partial charge >= 0.3 is 0 Å². The summed E-state index contributed by atoms with van der Waals surface area (Å²) in [5.41, 5.74) is 8.36. The van der Waals surface area contributed by atoms with Gasteiger partial charge in [0.15, 0.2) is 9.84 Å². The lowest BCUT2D eigenvalue weighted by Gasteiger charge is -2.42. The minimum absolute atomic E-state index is 0.150. The second-order valence-corrected chi connectivity index (χ2v) is 27.9. The van der Waals surface area contributed by atoms with Crippen LogP contribution >= 0.6 is 27.5 Å². The molecule has 10 rings (SSSR count). The molecule has 4 aromatic carbocycles. The zero-order valence-corrected chi connectivity index (χ0v) is 48.6. The Balaban J connectivity index is 0.675. The van der Waals surface area contributed by atoms with Crippen LogP contribution in [-0.2, 0) is 42.5 Å². The summed E-state index contributed by atoms with van der Waals surface area (Å²) < 4.78 is 56.5. The number of imide groups is 1. The number of amides is 4. The van der Waals surface area contributed by atoms with Gasteiger partial charge in [0, 0.05) is 124 Å². The molecular weight excluding hydrogens is 1120 g/mol. The van der Waals surface area contributed by atoms with Crippen molar-refractivity contribution in [2.75, 3.05) is 81.9 Å². The third kappa shape index (κ3) is 12.9. The zero-order valence-electron chi connectivity index (χ0n) is 44.7. The van der Waals surface area contributed by atoms with Crippen LogP contribution in [0.3, 0.4) is 0 Å². The van der Waals surface area contributed by atoms with Gasteiger partial charge in [-0.2, -0.15) is 0 Å². The molecule has 3 saturated heterocycles. The molecule has 0 spiro atoms. The number of piperidine rings is 1. The molecule has 2 aliphatic carbocycles. The Bertz CT molecular complexity index is 3220. The summed E-state index contributed by atoms with van der Waals surface area (Å²) >= 11 is 9.91. The highest BCUT2D eigenvalue weighted by molar-refractivity contribution is 9.10. The zero-order chi connectivity index (χ0) is 55.1. The molecule has 78 heavy (non-hydrogen) atoms. The number of carbonyl (C=O) groups is 4. The fourth-order valence-corrected chi connectivity index (χ4v) is 15.2. The first-order valence-corrected chi connectivity index (χ1v) is 31.8. The number of anilines is 2. The van der Waals surface area contributed by atoms with Crippen LogP contribution in [0.2, 0.25) is 5.02 Å². The number of hydrogen-bond acceptors (Lipinski definition) is 13. The Hall–Kier alpha value is -5.15. The molecule has 0 radical (unpaired) electrons. The first kappa shape index (κ1) is 56.1. The Morgan fingerprint density at radius 3 is 2.15 bits per heavy atom. The van der Waals surface area contributed by atoms with Crippen molar-refractivity contribution in [2.45, 2.75) is 107 Å². The fraction of sp³-hybridized carbons (Fsp3) is 0.483. The number of sulfonamides is 1. The summed E-state index contributed by atoms with van der Waals surface area (Å²) in [5, 5.41) is 6.42. The van der Waals surface area contributed by atoms with Gasteiger partial charge in [0.1, 0.15) is 6.04 Å². The molecule has 4 heterocycles. The Morgan fingerprint density at radius 2 is 1.47 bits per heavy atom. The molecule has 4 aliphatic heterocycles. The number of fused-ring (bicyclic) bond motifs is 1. The highest BCUT2D eigenvalue weighted by Crippen LogP contribution is 2.43. The molecular formula is C58H70BrClN8O8S2. The van der Waals surface area contributed by atoms with Crippen molar-refractivity contribution in [3.63, 3.8) is 0 Å². The van der Waals surface area contributed by atoms with E-state index < -0.39 is 37.7 Å². The number of carbonyl (C=O) groups excluding carboxylic acids is 4. The molecule has 6 aliphatic rings. The fourth-order valence-electron chi connectivity index (χ4n) is 12.5. The molecule has 416 valence electrons. The predicted octanol–water partition coefficient (Wildman–Crippen LogP) is 7.96. The summed E-state index contributed by atoms with van der Waals surface area (Å²) in [5.74, 6) is -1.42. The summed E-state index contributed by atoms with van der Waals surface area (Å²) in [6.45, 7) is 14.2. The topological polar surface area (TPSA) is 189 Å². The van der Waals surface area contributed by atoms with Crippen LogP contribution < -0.4 is 20.3 Å². The molecule has 3 N–H and O–H groups in total. The number of nitrogens with zero attached hydrogens (tertiary/aromatic N) is 5. The van der Waals surface area contributed by atoms with Gasteiger partial charge in [-0.05, 0) is 152 Å². The number of nitrogens with one attached hydrogen (secondary N) is 3. The van der Waals surface area contributed by atoms with Crippen LogP contribution in [0.1, 0.15) is 109 Å². The Labute approximate surface area is 472 Å². The van der Waals surface area contributed by atoms with E-state index in [2.05, 4.69) is 82.9 Å². The third-order valence-electron chi connectivity index (χ3n) is 16.9. The number of halogens is 2. The van der Waals surface area contributed by atoms with E-state index in [1.807, 2.05) is 30.3 Å². The summed E-state index contributed by atoms with van der Waals surface area (Å²) in [4.78, 5) is 62.0. The van der Waals surface area contributed by atoms with Crippen molar-refractivity contribution in [3.8, 4) is 0 Å². The molecule has 20 heteroatoms. The summed E-state index contributed by atoms with van der Waals surface area (Å²) in [7, 11) is -8.30. The van der Waals surface area contributed by atoms with Crippen molar-refractivity contribution in [2.24, 2.45) is 11.3 Å². The third-order valence-corrected chi connectivity index (χ3v) is 20.3. The summed E-state index contributed by atoms with van der Waals surface area (Å²) in [6.07, 6.45) is 8.78. The normalized spacial score (nSPS) is 22.8. The van der Waals surface area contributed by atoms with Crippen molar-refractivity contribution in [1.82, 2.24) is 29.6 Å². The first-order valence-electron chi connectivity index (χ1n) is 27.3. The van der Waals surface area contributed by atoms with Crippen molar-refractivity contribution >= 4 is 88.0 Å². The molecule has 0 bridgehead atoms. The predicted molar refractivity (Wildman–Crippen MR) is 307 cm³/mol. The number of benzene rings is 4. The average molecular weight is 1190 g/mol. The van der Waals surface area contributed by atoms with Gasteiger partial charge in [-0.3, -0.25) is 39.2 Å². The smallest absolute Gasteiger partial charge is 0.264 e. The maximum absolute atomic E-state index is 13.6. The van der Waals surface area contributed by atoms with Gasteiger partial charge in [-0.1, -0.05) is 59.1 Å². The van der Waals surface area contributed by atoms with Gasteiger partial charge in [0.2, 0.25) is 11.8 Å². The van der Waals surface area contributed by atoms with Crippen LogP contribution in [0.15, 0.2) is 98.7 Å². The monoisotopic (exact) mass is 1180 g/mol. The minimum atomic E-state index is -4.43. The average Bonchev–Trinajstić information content (AvgIpc) is 3.96. The van der Waals surface area contributed by atoms with Crippen LogP contribution in [0, 0.1) is 11.3 Å². The van der Waals surface area contributed by atoms with E-state index in [4.69, 9.17) is 11.6 Å². The largest absolute Gasteiger partial charge is 0.384 e. The van der Waals surface area contributed by atoms with Crippen LogP contribution in [-0.4, -0.2) is 144 Å². The SMILES string of the molecule is CC1(C)CCC(c2ccc(Cl)cc2)=C(CN2CCN(c3ccc(C(=O)NS(=O)(=O)c4ccc(NCC5CCC(N6CCN(Cc7cc(Br)c8c(c7)C(=O)N(C7CCC(=O)NC7=O)C8)CC6)CC5)c(S(C)(=O)=O)c4)cc3)CC2)C1. The number of allylic oxidation sites excluding steroid dienone is 1. The number of rotatable bonds is 15. The van der Waals surface area contributed by atoms with Crippen molar-refractivity contribution in [3.05, 3.63) is 122 Å². The van der Waals surface area contributed by atoms with Gasteiger partial charge < -0.3 is 15.1 Å². The second-order valence-electron chi connectivity index (χ2n) is 23.0. The molecule has 16 nitrogen and oxygen atoms in total. The maximum Gasteiger partial charge on any atom is 0.264 e. The van der Waals surface area contributed by atoms with E-state index in [9.17, 15) is 36.0 Å². The van der Waals surface area contributed by atoms with Crippen molar-refractivity contribution in [1.29, 1.82) is 0 Å². The van der Waals surface area contributed by atoms with Crippen LogP contribution in [0.25, 0.3) is 5.57 Å². The van der Waals surface area contributed by atoms with Gasteiger partial charge in [0.25, 0.3) is 21.8 Å². The molecule has 0 aromatic heterocycles. The van der Waals surface area contributed by atoms with E-state index in [0.717, 1.165) is 142 Å². The van der Waals surface area contributed by atoms with Gasteiger partial charge in [-0.15, -0.1) is 0 Å². The highest BCUT2D eigenvalue weighted by Gasteiger charge is 2.40. The van der Waals surface area contributed by atoms with Gasteiger partial charge in [0.05, 0.1) is 15.5 Å². The lowest BCUT2D eigenvalue weighted by atomic mass is 9.73. The van der Waals surface area contributed by atoms with Crippen molar-refractivity contribution < 1.29 is 36.0 Å². The van der Waals surface area contributed by atoms with Crippen LogP contribution in [0.5, 0.6) is 0 Å².